The van der Waals surface area contributed by atoms with E-state index in [1.54, 1.807) is 43.5 Å². The SMILES string of the molecule is COc1ccc([C@@]2(Cn3ccnc3)OC[C@@H](CSc3ccc(NC(=O)O)cc3)O2)cc1. The molecule has 1 fully saturated rings. The Kier molecular flexibility index (Phi) is 6.45. The minimum absolute atomic E-state index is 0.104. The van der Waals surface area contributed by atoms with Crippen molar-refractivity contribution in [2.45, 2.75) is 23.3 Å². The van der Waals surface area contributed by atoms with E-state index < -0.39 is 11.9 Å². The fraction of sp³-hybridized carbons (Fsp3) is 0.273. The molecule has 162 valence electrons. The van der Waals surface area contributed by atoms with E-state index in [1.807, 2.05) is 47.2 Å². The van der Waals surface area contributed by atoms with Gasteiger partial charge in [0, 0.05) is 34.3 Å². The molecule has 1 aliphatic rings. The fourth-order valence-electron chi connectivity index (χ4n) is 3.39. The number of hydrogen-bond acceptors (Lipinski definition) is 6. The Balaban J connectivity index is 1.44. The molecular weight excluding hydrogens is 418 g/mol. The highest BCUT2D eigenvalue weighted by Gasteiger charge is 2.43. The van der Waals surface area contributed by atoms with Crippen LogP contribution in [0.1, 0.15) is 5.56 Å². The van der Waals surface area contributed by atoms with Crippen molar-refractivity contribution in [2.24, 2.45) is 0 Å². The van der Waals surface area contributed by atoms with Crippen molar-refractivity contribution in [3.8, 4) is 5.75 Å². The number of imidazole rings is 1. The molecule has 2 N–H and O–H groups in total. The second-order valence-electron chi connectivity index (χ2n) is 7.03. The van der Waals surface area contributed by atoms with E-state index in [9.17, 15) is 4.79 Å². The van der Waals surface area contributed by atoms with Gasteiger partial charge in [0.15, 0.2) is 0 Å². The normalized spacial score (nSPS) is 20.5. The number of carboxylic acid groups (broad SMARTS) is 1. The lowest BCUT2D eigenvalue weighted by Crippen LogP contribution is -2.33. The number of methoxy groups -OCH3 is 1. The summed E-state index contributed by atoms with van der Waals surface area (Å²) in [5, 5.41) is 11.1. The molecule has 3 aromatic rings. The Morgan fingerprint density at radius 1 is 1.29 bits per heavy atom. The molecule has 1 amide bonds. The third-order valence-corrected chi connectivity index (χ3v) is 6.02. The zero-order valence-electron chi connectivity index (χ0n) is 16.9. The molecule has 1 aliphatic heterocycles. The summed E-state index contributed by atoms with van der Waals surface area (Å²) in [6.45, 7) is 0.947. The Morgan fingerprint density at radius 2 is 2.06 bits per heavy atom. The third kappa shape index (κ3) is 5.19. The highest BCUT2D eigenvalue weighted by atomic mass is 32.2. The summed E-state index contributed by atoms with van der Waals surface area (Å²) < 4.78 is 19.9. The minimum Gasteiger partial charge on any atom is -0.497 e. The molecule has 2 heterocycles. The van der Waals surface area contributed by atoms with Crippen molar-refractivity contribution in [2.75, 3.05) is 24.8 Å². The lowest BCUT2D eigenvalue weighted by Gasteiger charge is -2.29. The first kappa shape index (κ1) is 21.2. The van der Waals surface area contributed by atoms with Crippen molar-refractivity contribution in [3.05, 3.63) is 72.8 Å². The number of nitrogens with one attached hydrogen (secondary N) is 1. The fourth-order valence-corrected chi connectivity index (χ4v) is 4.26. The highest BCUT2D eigenvalue weighted by Crippen LogP contribution is 2.38. The van der Waals surface area contributed by atoms with Gasteiger partial charge in [-0.05, 0) is 48.5 Å². The van der Waals surface area contributed by atoms with E-state index in [-0.39, 0.29) is 6.10 Å². The van der Waals surface area contributed by atoms with Gasteiger partial charge in [-0.1, -0.05) is 0 Å². The van der Waals surface area contributed by atoms with Gasteiger partial charge in [0.1, 0.15) is 5.75 Å². The van der Waals surface area contributed by atoms with E-state index in [0.29, 0.717) is 24.6 Å². The number of amides is 1. The number of ether oxygens (including phenoxy) is 3. The summed E-state index contributed by atoms with van der Waals surface area (Å²) in [7, 11) is 1.64. The van der Waals surface area contributed by atoms with Crippen molar-refractivity contribution < 1.29 is 24.1 Å². The Bertz CT molecular complexity index is 995. The average molecular weight is 442 g/mol. The number of aromatic nitrogens is 2. The van der Waals surface area contributed by atoms with Gasteiger partial charge in [0.2, 0.25) is 5.79 Å². The molecule has 9 heteroatoms. The standard InChI is InChI=1S/C22H23N3O5S/c1-28-18-6-2-16(3-7-18)22(14-25-11-10-23-15-25)29-12-19(30-22)13-31-20-8-4-17(5-9-20)24-21(26)27/h2-11,15,19,24H,12-14H2,1H3,(H,26,27)/t19-,22-/m0/s1. The van der Waals surface area contributed by atoms with Crippen molar-refractivity contribution >= 4 is 23.5 Å². The number of nitrogens with zero attached hydrogens (tertiary/aromatic N) is 2. The molecule has 0 saturated carbocycles. The van der Waals surface area contributed by atoms with Crippen LogP contribution in [0.5, 0.6) is 5.75 Å². The summed E-state index contributed by atoms with van der Waals surface area (Å²) in [6, 6.07) is 15.0. The number of hydrogen-bond donors (Lipinski definition) is 2. The van der Waals surface area contributed by atoms with Gasteiger partial charge in [-0.15, -0.1) is 11.8 Å². The van der Waals surface area contributed by atoms with Gasteiger partial charge in [-0.25, -0.2) is 9.78 Å². The monoisotopic (exact) mass is 441 g/mol. The molecule has 1 aromatic heterocycles. The summed E-state index contributed by atoms with van der Waals surface area (Å²) in [5.74, 6) is 0.563. The van der Waals surface area contributed by atoms with Crippen LogP contribution in [-0.4, -0.2) is 46.3 Å². The van der Waals surface area contributed by atoms with Gasteiger partial charge < -0.3 is 23.9 Å². The predicted octanol–water partition coefficient (Wildman–Crippen LogP) is 4.04. The van der Waals surface area contributed by atoms with Gasteiger partial charge >= 0.3 is 6.09 Å². The van der Waals surface area contributed by atoms with Crippen LogP contribution >= 0.6 is 11.8 Å². The molecule has 0 unspecified atom stereocenters. The van der Waals surface area contributed by atoms with Crippen LogP contribution in [0.4, 0.5) is 10.5 Å². The molecule has 0 bridgehead atoms. The number of rotatable bonds is 8. The quantitative estimate of drug-likeness (QED) is 0.510. The van der Waals surface area contributed by atoms with E-state index in [4.69, 9.17) is 19.3 Å². The zero-order chi connectivity index (χ0) is 21.7. The van der Waals surface area contributed by atoms with Gasteiger partial charge in [0.05, 0.1) is 32.7 Å². The molecule has 0 radical (unpaired) electrons. The molecular formula is C22H23N3O5S. The summed E-state index contributed by atoms with van der Waals surface area (Å²) in [4.78, 5) is 15.9. The summed E-state index contributed by atoms with van der Waals surface area (Å²) >= 11 is 1.64. The van der Waals surface area contributed by atoms with E-state index >= 15 is 0 Å². The maximum Gasteiger partial charge on any atom is 0.409 e. The summed E-state index contributed by atoms with van der Waals surface area (Å²) in [6.07, 6.45) is 4.17. The van der Waals surface area contributed by atoms with Crippen molar-refractivity contribution in [1.29, 1.82) is 0 Å². The van der Waals surface area contributed by atoms with Crippen molar-refractivity contribution in [1.82, 2.24) is 9.55 Å². The largest absolute Gasteiger partial charge is 0.497 e. The van der Waals surface area contributed by atoms with Gasteiger partial charge in [0.25, 0.3) is 0 Å². The Morgan fingerprint density at radius 3 is 2.71 bits per heavy atom. The van der Waals surface area contributed by atoms with Gasteiger partial charge in [-0.2, -0.15) is 0 Å². The van der Waals surface area contributed by atoms with Gasteiger partial charge in [-0.3, -0.25) is 5.32 Å². The van der Waals surface area contributed by atoms with E-state index in [1.165, 1.54) is 0 Å². The molecule has 2 atom stereocenters. The number of thioether (sulfide) groups is 1. The van der Waals surface area contributed by atoms with Crippen LogP contribution in [0, 0.1) is 0 Å². The van der Waals surface area contributed by atoms with Crippen LogP contribution in [0.3, 0.4) is 0 Å². The predicted molar refractivity (Wildman–Crippen MR) is 117 cm³/mol. The molecule has 1 saturated heterocycles. The average Bonchev–Trinajstić information content (AvgIpc) is 3.44. The second kappa shape index (κ2) is 9.42. The van der Waals surface area contributed by atoms with Crippen LogP contribution < -0.4 is 10.1 Å². The molecule has 4 rings (SSSR count). The third-order valence-electron chi connectivity index (χ3n) is 4.88. The van der Waals surface area contributed by atoms with Crippen LogP contribution in [0.2, 0.25) is 0 Å². The van der Waals surface area contributed by atoms with Crippen molar-refractivity contribution in [3.63, 3.8) is 0 Å². The smallest absolute Gasteiger partial charge is 0.409 e. The first-order chi connectivity index (χ1) is 15.1. The molecule has 2 aromatic carbocycles. The Labute approximate surface area is 184 Å². The molecule has 8 nitrogen and oxygen atoms in total. The molecule has 0 aliphatic carbocycles. The number of anilines is 1. The maximum atomic E-state index is 10.7. The summed E-state index contributed by atoms with van der Waals surface area (Å²) in [5.41, 5.74) is 1.45. The lowest BCUT2D eigenvalue weighted by atomic mass is 10.1. The second-order valence-corrected chi connectivity index (χ2v) is 8.13. The number of benzene rings is 2. The van der Waals surface area contributed by atoms with E-state index in [0.717, 1.165) is 16.2 Å². The van der Waals surface area contributed by atoms with Crippen LogP contribution in [0.25, 0.3) is 0 Å². The first-order valence-corrected chi connectivity index (χ1v) is 10.7. The van der Waals surface area contributed by atoms with Crippen LogP contribution in [-0.2, 0) is 21.8 Å². The van der Waals surface area contributed by atoms with E-state index in [2.05, 4.69) is 10.3 Å². The topological polar surface area (TPSA) is 94.8 Å². The molecule has 31 heavy (non-hydrogen) atoms. The first-order valence-electron chi connectivity index (χ1n) is 9.71. The highest BCUT2D eigenvalue weighted by molar-refractivity contribution is 7.99. The zero-order valence-corrected chi connectivity index (χ0v) is 17.7. The maximum absolute atomic E-state index is 10.7. The van der Waals surface area contributed by atoms with Crippen LogP contribution in [0.15, 0.2) is 72.1 Å². The minimum atomic E-state index is -1.08. The lowest BCUT2D eigenvalue weighted by molar-refractivity contribution is -0.184. The molecule has 0 spiro atoms. The number of carbonyl (C=O) groups is 1. The Hall–Kier alpha value is -3.01.